The minimum absolute atomic E-state index is 0.139. The first kappa shape index (κ1) is 16.2. The van der Waals surface area contributed by atoms with Crippen LogP contribution in [-0.4, -0.2) is 52.6 Å². The van der Waals surface area contributed by atoms with Crippen LogP contribution in [0.25, 0.3) is 0 Å². The molecule has 1 saturated heterocycles. The Balaban J connectivity index is 1.98. The lowest BCUT2D eigenvalue weighted by Crippen LogP contribution is -2.50. The first-order valence-electron chi connectivity index (χ1n) is 7.46. The van der Waals surface area contributed by atoms with E-state index < -0.39 is 0 Å². The van der Waals surface area contributed by atoms with Crippen molar-refractivity contribution in [3.05, 3.63) is 35.0 Å². The van der Waals surface area contributed by atoms with Crippen LogP contribution in [0.2, 0.25) is 0 Å². The summed E-state index contributed by atoms with van der Waals surface area (Å²) in [5, 5.41) is 11.6. The van der Waals surface area contributed by atoms with Crippen molar-refractivity contribution in [1.82, 2.24) is 9.80 Å². The molecule has 1 unspecified atom stereocenters. The molecule has 1 aliphatic rings. The van der Waals surface area contributed by atoms with E-state index in [-0.39, 0.29) is 18.1 Å². The number of aliphatic hydroxyl groups is 1. The van der Waals surface area contributed by atoms with Gasteiger partial charge in [0.1, 0.15) is 0 Å². The van der Waals surface area contributed by atoms with Gasteiger partial charge in [0.25, 0.3) is 0 Å². The molecular weight excluding hydrogens is 284 g/mol. The third-order valence-corrected chi connectivity index (χ3v) is 4.85. The number of rotatable bonds is 6. The van der Waals surface area contributed by atoms with Gasteiger partial charge < -0.3 is 10.0 Å². The number of likely N-dealkylation sites (tertiary alicyclic amines) is 1. The highest BCUT2D eigenvalue weighted by Crippen LogP contribution is 2.17. The van der Waals surface area contributed by atoms with Crippen molar-refractivity contribution in [1.29, 1.82) is 0 Å². The number of piperidine rings is 1. The average molecular weight is 308 g/mol. The molecule has 0 bridgehead atoms. The lowest BCUT2D eigenvalue weighted by Gasteiger charge is -2.36. The molecule has 2 rings (SSSR count). The van der Waals surface area contributed by atoms with Crippen LogP contribution in [-0.2, 0) is 11.3 Å². The maximum atomic E-state index is 12.7. The third kappa shape index (κ3) is 4.40. The molecule has 0 radical (unpaired) electrons. The molecule has 1 aliphatic heterocycles. The van der Waals surface area contributed by atoms with Crippen molar-refractivity contribution in [3.63, 3.8) is 0 Å². The Morgan fingerprint density at radius 3 is 2.90 bits per heavy atom. The Morgan fingerprint density at radius 2 is 2.33 bits per heavy atom. The molecule has 0 aliphatic carbocycles. The molecule has 1 amide bonds. The van der Waals surface area contributed by atoms with Gasteiger partial charge in [-0.15, -0.1) is 17.9 Å². The highest BCUT2D eigenvalue weighted by atomic mass is 32.1. The molecule has 1 fully saturated rings. The topological polar surface area (TPSA) is 43.8 Å². The van der Waals surface area contributed by atoms with Gasteiger partial charge in [-0.05, 0) is 31.2 Å². The molecule has 116 valence electrons. The number of amides is 1. The number of hydrogen-bond acceptors (Lipinski definition) is 4. The minimum Gasteiger partial charge on any atom is -0.393 e. The lowest BCUT2D eigenvalue weighted by atomic mass is 10.1. The van der Waals surface area contributed by atoms with E-state index in [0.717, 1.165) is 25.9 Å². The summed E-state index contributed by atoms with van der Waals surface area (Å²) in [7, 11) is 0. The van der Waals surface area contributed by atoms with Crippen molar-refractivity contribution in [3.8, 4) is 0 Å². The SMILES string of the molecule is C=CCN(Cc1cccs1)C(=O)C(C)N1CCC(O)CC1. The van der Waals surface area contributed by atoms with E-state index in [4.69, 9.17) is 0 Å². The zero-order valence-corrected chi connectivity index (χ0v) is 13.4. The largest absolute Gasteiger partial charge is 0.393 e. The summed E-state index contributed by atoms with van der Waals surface area (Å²) in [5.41, 5.74) is 0. The summed E-state index contributed by atoms with van der Waals surface area (Å²) < 4.78 is 0. The van der Waals surface area contributed by atoms with Gasteiger partial charge >= 0.3 is 0 Å². The molecule has 0 spiro atoms. The van der Waals surface area contributed by atoms with Crippen LogP contribution in [0, 0.1) is 0 Å². The molecule has 21 heavy (non-hydrogen) atoms. The van der Waals surface area contributed by atoms with Crippen LogP contribution in [0.5, 0.6) is 0 Å². The first-order valence-corrected chi connectivity index (χ1v) is 8.34. The Labute approximate surface area is 130 Å². The first-order chi connectivity index (χ1) is 10.1. The van der Waals surface area contributed by atoms with Crippen molar-refractivity contribution in [2.45, 2.75) is 38.5 Å². The van der Waals surface area contributed by atoms with Gasteiger partial charge in [0.15, 0.2) is 0 Å². The van der Waals surface area contributed by atoms with Crippen molar-refractivity contribution < 1.29 is 9.90 Å². The fraction of sp³-hybridized carbons (Fsp3) is 0.562. The van der Waals surface area contributed by atoms with Crippen molar-refractivity contribution >= 4 is 17.2 Å². The maximum Gasteiger partial charge on any atom is 0.240 e. The Kier molecular flexibility index (Phi) is 5.96. The highest BCUT2D eigenvalue weighted by molar-refractivity contribution is 7.09. The number of carbonyl (C=O) groups excluding carboxylic acids is 1. The third-order valence-electron chi connectivity index (χ3n) is 3.99. The summed E-state index contributed by atoms with van der Waals surface area (Å²) in [6, 6.07) is 3.92. The molecular formula is C16H24N2O2S. The van der Waals surface area contributed by atoms with Gasteiger partial charge in [0.05, 0.1) is 18.7 Å². The number of aliphatic hydroxyl groups excluding tert-OH is 1. The number of nitrogens with zero attached hydrogens (tertiary/aromatic N) is 2. The van der Waals surface area contributed by atoms with Crippen LogP contribution in [0.3, 0.4) is 0 Å². The Morgan fingerprint density at radius 1 is 1.62 bits per heavy atom. The second-order valence-electron chi connectivity index (χ2n) is 5.53. The molecule has 0 aromatic carbocycles. The molecule has 1 N–H and O–H groups in total. The van der Waals surface area contributed by atoms with E-state index in [1.807, 2.05) is 23.3 Å². The minimum atomic E-state index is -0.209. The standard InChI is InChI=1S/C16H24N2O2S/c1-3-8-18(12-15-5-4-11-21-15)16(20)13(2)17-9-6-14(19)7-10-17/h3-5,11,13-14,19H,1,6-10,12H2,2H3. The second-order valence-corrected chi connectivity index (χ2v) is 6.56. The monoisotopic (exact) mass is 308 g/mol. The number of hydrogen-bond donors (Lipinski definition) is 1. The highest BCUT2D eigenvalue weighted by Gasteiger charge is 2.28. The Hall–Kier alpha value is -1.17. The maximum absolute atomic E-state index is 12.7. The smallest absolute Gasteiger partial charge is 0.240 e. The van der Waals surface area contributed by atoms with Crippen LogP contribution < -0.4 is 0 Å². The van der Waals surface area contributed by atoms with Crippen LogP contribution in [0.15, 0.2) is 30.2 Å². The normalized spacial score (nSPS) is 18.4. The summed E-state index contributed by atoms with van der Waals surface area (Å²) in [4.78, 5) is 17.9. The zero-order chi connectivity index (χ0) is 15.2. The zero-order valence-electron chi connectivity index (χ0n) is 12.6. The van der Waals surface area contributed by atoms with Crippen LogP contribution >= 0.6 is 11.3 Å². The fourth-order valence-corrected chi connectivity index (χ4v) is 3.39. The van der Waals surface area contributed by atoms with Gasteiger partial charge in [-0.3, -0.25) is 9.69 Å². The van der Waals surface area contributed by atoms with Crippen molar-refractivity contribution in [2.24, 2.45) is 0 Å². The van der Waals surface area contributed by atoms with Crippen LogP contribution in [0.1, 0.15) is 24.6 Å². The van der Waals surface area contributed by atoms with Gasteiger partial charge in [-0.2, -0.15) is 0 Å². The molecule has 1 atom stereocenters. The van der Waals surface area contributed by atoms with Crippen molar-refractivity contribution in [2.75, 3.05) is 19.6 Å². The molecule has 2 heterocycles. The van der Waals surface area contributed by atoms with Gasteiger partial charge in [0.2, 0.25) is 5.91 Å². The van der Waals surface area contributed by atoms with Gasteiger partial charge in [-0.1, -0.05) is 12.1 Å². The van der Waals surface area contributed by atoms with Gasteiger partial charge in [-0.25, -0.2) is 0 Å². The molecule has 1 aromatic rings. The summed E-state index contributed by atoms with van der Waals surface area (Å²) in [6.07, 6.45) is 3.07. The fourth-order valence-electron chi connectivity index (χ4n) is 2.67. The molecule has 5 heteroatoms. The summed E-state index contributed by atoms with van der Waals surface area (Å²) >= 11 is 1.67. The van der Waals surface area contributed by atoms with Gasteiger partial charge in [0, 0.05) is 24.5 Å². The van der Waals surface area contributed by atoms with E-state index in [1.54, 1.807) is 17.4 Å². The average Bonchev–Trinajstić information content (AvgIpc) is 2.99. The predicted molar refractivity (Wildman–Crippen MR) is 86.2 cm³/mol. The quantitative estimate of drug-likeness (QED) is 0.819. The predicted octanol–water partition coefficient (Wildman–Crippen LogP) is 2.11. The lowest BCUT2D eigenvalue weighted by molar-refractivity contribution is -0.137. The van der Waals surface area contributed by atoms with E-state index in [9.17, 15) is 9.90 Å². The molecule has 1 aromatic heterocycles. The van der Waals surface area contributed by atoms with E-state index in [2.05, 4.69) is 17.5 Å². The molecule has 0 saturated carbocycles. The van der Waals surface area contributed by atoms with E-state index in [0.29, 0.717) is 13.1 Å². The summed E-state index contributed by atoms with van der Waals surface area (Å²) in [5.74, 6) is 0.139. The van der Waals surface area contributed by atoms with E-state index >= 15 is 0 Å². The van der Waals surface area contributed by atoms with E-state index in [1.165, 1.54) is 4.88 Å². The number of carbonyl (C=O) groups is 1. The number of thiophene rings is 1. The second kappa shape index (κ2) is 7.73. The molecule has 4 nitrogen and oxygen atoms in total. The summed E-state index contributed by atoms with van der Waals surface area (Å²) in [6.45, 7) is 8.50. The van der Waals surface area contributed by atoms with Crippen LogP contribution in [0.4, 0.5) is 0 Å². The Bertz CT molecular complexity index is 453.